The van der Waals surface area contributed by atoms with Crippen LogP contribution in [0.5, 0.6) is 0 Å². The van der Waals surface area contributed by atoms with E-state index in [0.717, 1.165) is 19.4 Å². The highest BCUT2D eigenvalue weighted by molar-refractivity contribution is 5.90. The van der Waals surface area contributed by atoms with Crippen LogP contribution >= 0.6 is 0 Å². The molecule has 2 aliphatic heterocycles. The maximum absolute atomic E-state index is 11.0. The van der Waals surface area contributed by atoms with Crippen molar-refractivity contribution in [3.63, 3.8) is 0 Å². The van der Waals surface area contributed by atoms with Crippen molar-refractivity contribution < 1.29 is 14.3 Å². The number of carbonyl (C=O) groups is 1. The predicted molar refractivity (Wildman–Crippen MR) is 42.6 cm³/mol. The van der Waals surface area contributed by atoms with Crippen LogP contribution in [0.4, 0.5) is 0 Å². The van der Waals surface area contributed by atoms with E-state index in [1.54, 1.807) is 6.92 Å². The minimum atomic E-state index is -0.199. The largest absolute Gasteiger partial charge is 0.452 e. The number of rotatable bonds is 1. The van der Waals surface area contributed by atoms with Gasteiger partial charge >= 0.3 is 5.97 Å². The standard InChI is InChI=1S/C9H12O3/c1-6-5-8(12-9(6)10)7-3-2-4-11-7/h5,7-8H,2-4H2,1H3/t7-,8-/m1/s1. The van der Waals surface area contributed by atoms with Gasteiger partial charge in [0.05, 0.1) is 6.10 Å². The highest BCUT2D eigenvalue weighted by Gasteiger charge is 2.32. The van der Waals surface area contributed by atoms with Crippen LogP contribution in [0.1, 0.15) is 19.8 Å². The van der Waals surface area contributed by atoms with Gasteiger partial charge in [-0.2, -0.15) is 0 Å². The second-order valence-corrected chi connectivity index (χ2v) is 3.27. The molecule has 2 heterocycles. The Bertz CT molecular complexity index is 226. The van der Waals surface area contributed by atoms with Crippen LogP contribution in [0.25, 0.3) is 0 Å². The van der Waals surface area contributed by atoms with Crippen LogP contribution in [0, 0.1) is 0 Å². The van der Waals surface area contributed by atoms with E-state index >= 15 is 0 Å². The molecule has 0 aromatic rings. The Labute approximate surface area is 71.3 Å². The molecule has 66 valence electrons. The van der Waals surface area contributed by atoms with Crippen LogP contribution in [0.2, 0.25) is 0 Å². The average molecular weight is 168 g/mol. The molecule has 0 saturated carbocycles. The minimum Gasteiger partial charge on any atom is -0.452 e. The Morgan fingerprint density at radius 2 is 2.42 bits per heavy atom. The third-order valence-corrected chi connectivity index (χ3v) is 2.31. The molecule has 0 radical (unpaired) electrons. The summed E-state index contributed by atoms with van der Waals surface area (Å²) in [7, 11) is 0. The number of ether oxygens (including phenoxy) is 2. The molecule has 0 aromatic heterocycles. The normalized spacial score (nSPS) is 35.1. The van der Waals surface area contributed by atoms with Gasteiger partial charge in [0, 0.05) is 12.2 Å². The molecule has 0 amide bonds. The van der Waals surface area contributed by atoms with E-state index in [0.29, 0.717) is 5.57 Å². The average Bonchev–Trinajstić information content (AvgIpc) is 2.61. The highest BCUT2D eigenvalue weighted by atomic mass is 16.6. The first-order valence-electron chi connectivity index (χ1n) is 4.28. The number of esters is 1. The lowest BCUT2D eigenvalue weighted by molar-refractivity contribution is -0.143. The van der Waals surface area contributed by atoms with E-state index in [2.05, 4.69) is 0 Å². The van der Waals surface area contributed by atoms with Crippen molar-refractivity contribution in [3.8, 4) is 0 Å². The molecule has 0 spiro atoms. The fourth-order valence-corrected chi connectivity index (χ4v) is 1.61. The highest BCUT2D eigenvalue weighted by Crippen LogP contribution is 2.24. The Balaban J connectivity index is 2.02. The molecule has 0 N–H and O–H groups in total. The predicted octanol–water partition coefficient (Wildman–Crippen LogP) is 1.04. The molecule has 12 heavy (non-hydrogen) atoms. The summed E-state index contributed by atoms with van der Waals surface area (Å²) in [5, 5.41) is 0. The van der Waals surface area contributed by atoms with Crippen molar-refractivity contribution >= 4 is 5.97 Å². The summed E-state index contributed by atoms with van der Waals surface area (Å²) >= 11 is 0. The molecule has 1 fully saturated rings. The molecule has 0 bridgehead atoms. The maximum atomic E-state index is 11.0. The van der Waals surface area contributed by atoms with E-state index in [-0.39, 0.29) is 18.2 Å². The molecule has 0 aromatic carbocycles. The number of hydrogen-bond acceptors (Lipinski definition) is 3. The SMILES string of the molecule is CC1=C[C@H]([C@H]2CCCO2)OC1=O. The zero-order chi connectivity index (χ0) is 8.55. The summed E-state index contributed by atoms with van der Waals surface area (Å²) in [6.45, 7) is 2.57. The first-order valence-corrected chi connectivity index (χ1v) is 4.28. The van der Waals surface area contributed by atoms with Crippen molar-refractivity contribution in [2.45, 2.75) is 32.0 Å². The fraction of sp³-hybridized carbons (Fsp3) is 0.667. The number of carbonyl (C=O) groups excluding carboxylic acids is 1. The van der Waals surface area contributed by atoms with Crippen LogP contribution in [0.15, 0.2) is 11.6 Å². The Hall–Kier alpha value is -0.830. The van der Waals surface area contributed by atoms with Crippen LogP contribution in [-0.4, -0.2) is 24.8 Å². The quantitative estimate of drug-likeness (QED) is 0.549. The summed E-state index contributed by atoms with van der Waals surface area (Å²) in [6.07, 6.45) is 3.91. The lowest BCUT2D eigenvalue weighted by Crippen LogP contribution is -2.24. The summed E-state index contributed by atoms with van der Waals surface area (Å²) in [5.41, 5.74) is 0.704. The zero-order valence-electron chi connectivity index (χ0n) is 7.08. The molecule has 0 unspecified atom stereocenters. The third kappa shape index (κ3) is 1.25. The van der Waals surface area contributed by atoms with Crippen molar-refractivity contribution in [1.29, 1.82) is 0 Å². The van der Waals surface area contributed by atoms with Gasteiger partial charge in [-0.15, -0.1) is 0 Å². The molecule has 2 rings (SSSR count). The van der Waals surface area contributed by atoms with Gasteiger partial charge in [0.15, 0.2) is 0 Å². The van der Waals surface area contributed by atoms with E-state index in [4.69, 9.17) is 9.47 Å². The van der Waals surface area contributed by atoms with Gasteiger partial charge in [-0.3, -0.25) is 0 Å². The zero-order valence-corrected chi connectivity index (χ0v) is 7.08. The Morgan fingerprint density at radius 1 is 1.58 bits per heavy atom. The Kier molecular flexibility index (Phi) is 1.89. The van der Waals surface area contributed by atoms with Gasteiger partial charge in [0.2, 0.25) is 0 Å². The van der Waals surface area contributed by atoms with E-state index in [1.165, 1.54) is 0 Å². The third-order valence-electron chi connectivity index (χ3n) is 2.31. The molecule has 2 atom stereocenters. The van der Waals surface area contributed by atoms with E-state index in [1.807, 2.05) is 6.08 Å². The van der Waals surface area contributed by atoms with E-state index < -0.39 is 0 Å². The lowest BCUT2D eigenvalue weighted by atomic mass is 10.1. The molecule has 2 aliphatic rings. The van der Waals surface area contributed by atoms with Crippen LogP contribution in [-0.2, 0) is 14.3 Å². The van der Waals surface area contributed by atoms with Crippen molar-refractivity contribution in [2.75, 3.05) is 6.61 Å². The monoisotopic (exact) mass is 168 g/mol. The van der Waals surface area contributed by atoms with Gasteiger partial charge in [0.25, 0.3) is 0 Å². The maximum Gasteiger partial charge on any atom is 0.334 e. The molecule has 3 heteroatoms. The topological polar surface area (TPSA) is 35.5 Å². The second-order valence-electron chi connectivity index (χ2n) is 3.27. The molecular formula is C9H12O3. The van der Waals surface area contributed by atoms with Gasteiger partial charge in [-0.05, 0) is 25.8 Å². The van der Waals surface area contributed by atoms with Crippen molar-refractivity contribution in [1.82, 2.24) is 0 Å². The van der Waals surface area contributed by atoms with Gasteiger partial charge in [0.1, 0.15) is 6.10 Å². The van der Waals surface area contributed by atoms with Gasteiger partial charge in [-0.25, -0.2) is 4.79 Å². The molecule has 1 saturated heterocycles. The summed E-state index contributed by atoms with van der Waals surface area (Å²) < 4.78 is 10.5. The number of hydrogen-bond donors (Lipinski definition) is 0. The van der Waals surface area contributed by atoms with Crippen molar-refractivity contribution in [2.24, 2.45) is 0 Å². The summed E-state index contributed by atoms with van der Waals surface area (Å²) in [4.78, 5) is 11.0. The van der Waals surface area contributed by atoms with Crippen molar-refractivity contribution in [3.05, 3.63) is 11.6 Å². The van der Waals surface area contributed by atoms with Crippen LogP contribution < -0.4 is 0 Å². The second kappa shape index (κ2) is 2.90. The lowest BCUT2D eigenvalue weighted by Gasteiger charge is -2.14. The molecule has 3 nitrogen and oxygen atoms in total. The summed E-state index contributed by atoms with van der Waals surface area (Å²) in [6, 6.07) is 0. The fourth-order valence-electron chi connectivity index (χ4n) is 1.61. The molecular weight excluding hydrogens is 156 g/mol. The first kappa shape index (κ1) is 7.80. The number of cyclic esters (lactones) is 1. The molecule has 0 aliphatic carbocycles. The Morgan fingerprint density at radius 3 is 2.92 bits per heavy atom. The van der Waals surface area contributed by atoms with Gasteiger partial charge < -0.3 is 9.47 Å². The summed E-state index contributed by atoms with van der Waals surface area (Å²) in [5.74, 6) is -0.199. The van der Waals surface area contributed by atoms with E-state index in [9.17, 15) is 4.79 Å². The first-order chi connectivity index (χ1) is 5.77. The van der Waals surface area contributed by atoms with Crippen LogP contribution in [0.3, 0.4) is 0 Å². The minimum absolute atomic E-state index is 0.103. The smallest absolute Gasteiger partial charge is 0.334 e. The van der Waals surface area contributed by atoms with Gasteiger partial charge in [-0.1, -0.05) is 0 Å².